The maximum absolute atomic E-state index is 13.3. The number of amides is 2. The predicted molar refractivity (Wildman–Crippen MR) is 82.3 cm³/mol. The van der Waals surface area contributed by atoms with Gasteiger partial charge in [0.25, 0.3) is 0 Å². The molecule has 2 N–H and O–H groups in total. The highest BCUT2D eigenvalue weighted by Gasteiger charge is 2.02. The topological polar surface area (TPSA) is 41.1 Å². The van der Waals surface area contributed by atoms with Gasteiger partial charge in [-0.05, 0) is 29.8 Å². The fourth-order valence-corrected chi connectivity index (χ4v) is 1.78. The molecule has 2 amide bonds. The molecule has 108 valence electrons. The first-order chi connectivity index (χ1) is 10.1. The molecule has 0 heterocycles. The van der Waals surface area contributed by atoms with E-state index in [4.69, 9.17) is 11.6 Å². The van der Waals surface area contributed by atoms with Gasteiger partial charge in [-0.25, -0.2) is 9.18 Å². The minimum atomic E-state index is -0.400. The van der Waals surface area contributed by atoms with Crippen LogP contribution in [-0.4, -0.2) is 6.03 Å². The Labute approximate surface area is 127 Å². The summed E-state index contributed by atoms with van der Waals surface area (Å²) in [4.78, 5) is 11.6. The number of hydrogen-bond acceptors (Lipinski definition) is 1. The molecule has 0 saturated carbocycles. The fourth-order valence-electron chi connectivity index (χ4n) is 1.66. The van der Waals surface area contributed by atoms with Crippen LogP contribution in [0.4, 0.5) is 9.18 Å². The van der Waals surface area contributed by atoms with E-state index in [9.17, 15) is 9.18 Å². The molecule has 2 aromatic rings. The van der Waals surface area contributed by atoms with Crippen molar-refractivity contribution in [3.8, 4) is 0 Å². The van der Waals surface area contributed by atoms with Crippen LogP contribution < -0.4 is 10.6 Å². The zero-order valence-corrected chi connectivity index (χ0v) is 11.9. The van der Waals surface area contributed by atoms with Crippen molar-refractivity contribution in [2.24, 2.45) is 0 Å². The molecule has 0 aliphatic carbocycles. The second kappa shape index (κ2) is 7.45. The normalized spacial score (nSPS) is 10.6. The third-order valence-corrected chi connectivity index (χ3v) is 3.01. The van der Waals surface area contributed by atoms with E-state index in [1.165, 1.54) is 12.3 Å². The molecule has 0 fully saturated rings. The van der Waals surface area contributed by atoms with Gasteiger partial charge in [0.1, 0.15) is 5.82 Å². The van der Waals surface area contributed by atoms with Gasteiger partial charge in [0.05, 0.1) is 0 Å². The molecule has 0 unspecified atom stereocenters. The van der Waals surface area contributed by atoms with Crippen LogP contribution in [0.5, 0.6) is 0 Å². The van der Waals surface area contributed by atoms with E-state index in [1.807, 2.05) is 12.1 Å². The summed E-state index contributed by atoms with van der Waals surface area (Å²) in [5.74, 6) is -0.338. The standard InChI is InChI=1S/C16H14ClFN2O/c17-14-7-5-12(6-8-14)9-10-19-16(21)20-11-13-3-1-2-4-15(13)18/h1-10H,11H2,(H2,19,20,21)/b10-9+. The minimum Gasteiger partial charge on any atom is -0.334 e. The Morgan fingerprint density at radius 2 is 1.86 bits per heavy atom. The van der Waals surface area contributed by atoms with Crippen LogP contribution in [0.3, 0.4) is 0 Å². The van der Waals surface area contributed by atoms with Crippen molar-refractivity contribution in [1.82, 2.24) is 10.6 Å². The van der Waals surface area contributed by atoms with E-state index in [2.05, 4.69) is 10.6 Å². The highest BCUT2D eigenvalue weighted by Crippen LogP contribution is 2.10. The zero-order chi connectivity index (χ0) is 15.1. The van der Waals surface area contributed by atoms with Gasteiger partial charge >= 0.3 is 6.03 Å². The van der Waals surface area contributed by atoms with Gasteiger partial charge in [-0.15, -0.1) is 0 Å². The van der Waals surface area contributed by atoms with E-state index in [1.54, 1.807) is 36.4 Å². The van der Waals surface area contributed by atoms with Crippen molar-refractivity contribution < 1.29 is 9.18 Å². The Bertz CT molecular complexity index is 641. The average molecular weight is 305 g/mol. The van der Waals surface area contributed by atoms with Gasteiger partial charge in [-0.3, -0.25) is 0 Å². The summed E-state index contributed by atoms with van der Waals surface area (Å²) in [6, 6.07) is 13.1. The first-order valence-electron chi connectivity index (χ1n) is 6.35. The number of carbonyl (C=O) groups is 1. The maximum Gasteiger partial charge on any atom is 0.319 e. The molecule has 2 aromatic carbocycles. The van der Waals surface area contributed by atoms with Crippen LogP contribution in [0, 0.1) is 5.82 Å². The third-order valence-electron chi connectivity index (χ3n) is 2.76. The highest BCUT2D eigenvalue weighted by molar-refractivity contribution is 6.30. The molecule has 0 atom stereocenters. The summed E-state index contributed by atoms with van der Waals surface area (Å²) in [5.41, 5.74) is 1.35. The quantitative estimate of drug-likeness (QED) is 0.882. The molecule has 0 bridgehead atoms. The fraction of sp³-hybridized carbons (Fsp3) is 0.0625. The molecule has 2 rings (SSSR count). The second-order valence-corrected chi connectivity index (χ2v) is 4.74. The molecule has 0 aliphatic rings. The Morgan fingerprint density at radius 1 is 1.14 bits per heavy atom. The lowest BCUT2D eigenvalue weighted by Crippen LogP contribution is -2.31. The molecule has 0 spiro atoms. The van der Waals surface area contributed by atoms with Crippen LogP contribution in [0.2, 0.25) is 5.02 Å². The molecule has 3 nitrogen and oxygen atoms in total. The van der Waals surface area contributed by atoms with Gasteiger partial charge in [0, 0.05) is 23.3 Å². The van der Waals surface area contributed by atoms with Crippen LogP contribution in [0.15, 0.2) is 54.7 Å². The lowest BCUT2D eigenvalue weighted by molar-refractivity contribution is 0.243. The van der Waals surface area contributed by atoms with E-state index >= 15 is 0 Å². The first kappa shape index (κ1) is 15.1. The van der Waals surface area contributed by atoms with Crippen LogP contribution >= 0.6 is 11.6 Å². The molecule has 5 heteroatoms. The number of benzene rings is 2. The summed E-state index contributed by atoms with van der Waals surface area (Å²) in [6.45, 7) is 0.132. The van der Waals surface area contributed by atoms with E-state index in [0.717, 1.165) is 5.56 Å². The summed E-state index contributed by atoms with van der Waals surface area (Å²) in [5, 5.41) is 5.78. The zero-order valence-electron chi connectivity index (χ0n) is 11.1. The number of nitrogens with one attached hydrogen (secondary N) is 2. The second-order valence-electron chi connectivity index (χ2n) is 4.30. The van der Waals surface area contributed by atoms with Gasteiger partial charge in [-0.1, -0.05) is 41.9 Å². The first-order valence-corrected chi connectivity index (χ1v) is 6.73. The van der Waals surface area contributed by atoms with Gasteiger partial charge < -0.3 is 10.6 Å². The Hall–Kier alpha value is -2.33. The van der Waals surface area contributed by atoms with Crippen molar-refractivity contribution in [3.05, 3.63) is 76.7 Å². The maximum atomic E-state index is 13.3. The van der Waals surface area contributed by atoms with Gasteiger partial charge in [0.2, 0.25) is 0 Å². The molecule has 0 aromatic heterocycles. The number of halogens is 2. The van der Waals surface area contributed by atoms with Crippen molar-refractivity contribution in [1.29, 1.82) is 0 Å². The highest BCUT2D eigenvalue weighted by atomic mass is 35.5. The van der Waals surface area contributed by atoms with E-state index in [0.29, 0.717) is 10.6 Å². The molecule has 0 aliphatic heterocycles. The smallest absolute Gasteiger partial charge is 0.319 e. The molecule has 0 saturated heterocycles. The van der Waals surface area contributed by atoms with Crippen LogP contribution in [0.25, 0.3) is 6.08 Å². The van der Waals surface area contributed by atoms with Crippen molar-refractivity contribution in [3.63, 3.8) is 0 Å². The molecular weight excluding hydrogens is 291 g/mol. The lowest BCUT2D eigenvalue weighted by Gasteiger charge is -2.05. The third kappa shape index (κ3) is 4.93. The summed E-state index contributed by atoms with van der Waals surface area (Å²) < 4.78 is 13.3. The largest absolute Gasteiger partial charge is 0.334 e. The number of urea groups is 1. The van der Waals surface area contributed by atoms with Crippen LogP contribution in [-0.2, 0) is 6.54 Å². The Morgan fingerprint density at radius 3 is 2.57 bits per heavy atom. The van der Waals surface area contributed by atoms with E-state index < -0.39 is 6.03 Å². The van der Waals surface area contributed by atoms with Crippen molar-refractivity contribution in [2.75, 3.05) is 0 Å². The lowest BCUT2D eigenvalue weighted by atomic mass is 10.2. The molecule has 21 heavy (non-hydrogen) atoms. The number of hydrogen-bond donors (Lipinski definition) is 2. The molecular formula is C16H14ClFN2O. The minimum absolute atomic E-state index is 0.132. The van der Waals surface area contributed by atoms with Crippen LogP contribution in [0.1, 0.15) is 11.1 Å². The summed E-state index contributed by atoms with van der Waals surface area (Å²) in [7, 11) is 0. The number of carbonyl (C=O) groups excluding carboxylic acids is 1. The summed E-state index contributed by atoms with van der Waals surface area (Å²) in [6.07, 6.45) is 3.25. The monoisotopic (exact) mass is 304 g/mol. The Kier molecular flexibility index (Phi) is 5.35. The Balaban J connectivity index is 1.80. The number of rotatable bonds is 4. The summed E-state index contributed by atoms with van der Waals surface area (Å²) >= 11 is 5.77. The molecule has 0 radical (unpaired) electrons. The average Bonchev–Trinajstić information content (AvgIpc) is 2.48. The van der Waals surface area contributed by atoms with Crippen molar-refractivity contribution in [2.45, 2.75) is 6.54 Å². The SMILES string of the molecule is O=C(N/C=C/c1ccc(Cl)cc1)NCc1ccccc1F. The predicted octanol–water partition coefficient (Wildman–Crippen LogP) is 3.95. The van der Waals surface area contributed by atoms with Crippen molar-refractivity contribution >= 4 is 23.7 Å². The van der Waals surface area contributed by atoms with Gasteiger partial charge in [-0.2, -0.15) is 0 Å². The van der Waals surface area contributed by atoms with Gasteiger partial charge in [0.15, 0.2) is 0 Å². The van der Waals surface area contributed by atoms with E-state index in [-0.39, 0.29) is 12.4 Å².